The minimum atomic E-state index is -1.19. The number of carboxylic acid groups (broad SMARTS) is 1. The molecule has 0 aliphatic heterocycles. The van der Waals surface area contributed by atoms with Gasteiger partial charge in [-0.3, -0.25) is 0 Å². The van der Waals surface area contributed by atoms with E-state index in [0.29, 0.717) is 17.7 Å². The van der Waals surface area contributed by atoms with Crippen molar-refractivity contribution in [3.05, 3.63) is 77.4 Å². The van der Waals surface area contributed by atoms with Crippen molar-refractivity contribution in [1.29, 1.82) is 0 Å². The molecular formula is C19H15O3-. The standard InChI is InChI=1S/C19H16O3/c1-22-18-11-5-10-16(19(20)21)17(18)12-14-8-4-7-13-6-2-3-9-15(13)14/h2-11H,12H2,1H3,(H,20,21)/p-1. The molecule has 3 nitrogen and oxygen atoms in total. The van der Waals surface area contributed by atoms with Crippen LogP contribution in [0.15, 0.2) is 60.7 Å². The van der Waals surface area contributed by atoms with Gasteiger partial charge in [-0.1, -0.05) is 54.6 Å². The van der Waals surface area contributed by atoms with Gasteiger partial charge in [-0.15, -0.1) is 0 Å². The molecule has 0 spiro atoms. The highest BCUT2D eigenvalue weighted by atomic mass is 16.5. The fourth-order valence-corrected chi connectivity index (χ4v) is 2.77. The SMILES string of the molecule is COc1cccc(C(=O)[O-])c1Cc1cccc2ccccc12. The van der Waals surface area contributed by atoms with Gasteiger partial charge in [0.05, 0.1) is 13.1 Å². The van der Waals surface area contributed by atoms with Gasteiger partial charge in [0.1, 0.15) is 5.75 Å². The molecule has 3 rings (SSSR count). The monoisotopic (exact) mass is 291 g/mol. The van der Waals surface area contributed by atoms with Gasteiger partial charge < -0.3 is 14.6 Å². The number of carboxylic acids is 1. The predicted octanol–water partition coefficient (Wildman–Crippen LogP) is 2.80. The summed E-state index contributed by atoms with van der Waals surface area (Å²) in [6, 6.07) is 19.1. The second kappa shape index (κ2) is 5.90. The summed E-state index contributed by atoms with van der Waals surface area (Å²) in [6.45, 7) is 0. The Morgan fingerprint density at radius 2 is 1.73 bits per heavy atom. The van der Waals surface area contributed by atoms with Crippen LogP contribution in [-0.4, -0.2) is 13.1 Å². The molecule has 0 aliphatic carbocycles. The smallest absolute Gasteiger partial charge is 0.123 e. The highest BCUT2D eigenvalue weighted by Crippen LogP contribution is 2.28. The third kappa shape index (κ3) is 2.53. The summed E-state index contributed by atoms with van der Waals surface area (Å²) in [4.78, 5) is 11.4. The molecule has 0 unspecified atom stereocenters. The zero-order valence-corrected chi connectivity index (χ0v) is 12.2. The number of carbonyl (C=O) groups is 1. The molecule has 0 aliphatic rings. The lowest BCUT2D eigenvalue weighted by Crippen LogP contribution is -2.24. The average Bonchev–Trinajstić information content (AvgIpc) is 2.55. The van der Waals surface area contributed by atoms with Crippen molar-refractivity contribution in [3.63, 3.8) is 0 Å². The molecular weight excluding hydrogens is 276 g/mol. The van der Waals surface area contributed by atoms with E-state index in [2.05, 4.69) is 0 Å². The van der Waals surface area contributed by atoms with Crippen LogP contribution < -0.4 is 9.84 Å². The van der Waals surface area contributed by atoms with Gasteiger partial charge in [0.2, 0.25) is 0 Å². The molecule has 0 atom stereocenters. The average molecular weight is 291 g/mol. The zero-order chi connectivity index (χ0) is 15.5. The Kier molecular flexibility index (Phi) is 3.79. The molecule has 0 aromatic heterocycles. The van der Waals surface area contributed by atoms with Crippen LogP contribution in [0.5, 0.6) is 5.75 Å². The first-order chi connectivity index (χ1) is 10.7. The zero-order valence-electron chi connectivity index (χ0n) is 12.2. The first-order valence-corrected chi connectivity index (χ1v) is 7.04. The van der Waals surface area contributed by atoms with Crippen molar-refractivity contribution < 1.29 is 14.6 Å². The Labute approximate surface area is 128 Å². The summed E-state index contributed by atoms with van der Waals surface area (Å²) in [5.74, 6) is -0.622. The van der Waals surface area contributed by atoms with Crippen LogP contribution in [0.1, 0.15) is 21.5 Å². The van der Waals surface area contributed by atoms with E-state index in [1.54, 1.807) is 25.3 Å². The van der Waals surface area contributed by atoms with E-state index in [-0.39, 0.29) is 5.56 Å². The van der Waals surface area contributed by atoms with Gasteiger partial charge in [-0.05, 0) is 22.4 Å². The molecule has 3 aromatic rings. The maximum atomic E-state index is 11.4. The summed E-state index contributed by atoms with van der Waals surface area (Å²) < 4.78 is 5.33. The molecule has 3 aromatic carbocycles. The van der Waals surface area contributed by atoms with E-state index in [0.717, 1.165) is 16.3 Å². The van der Waals surface area contributed by atoms with Gasteiger partial charge in [0.15, 0.2) is 0 Å². The number of benzene rings is 3. The second-order valence-electron chi connectivity index (χ2n) is 5.09. The number of hydrogen-bond donors (Lipinski definition) is 0. The van der Waals surface area contributed by atoms with Crippen LogP contribution >= 0.6 is 0 Å². The molecule has 0 amide bonds. The lowest BCUT2D eigenvalue weighted by atomic mass is 9.95. The number of rotatable bonds is 4. The maximum Gasteiger partial charge on any atom is 0.123 e. The van der Waals surface area contributed by atoms with Gasteiger partial charge in [-0.2, -0.15) is 0 Å². The van der Waals surface area contributed by atoms with Crippen LogP contribution in [0.3, 0.4) is 0 Å². The fourth-order valence-electron chi connectivity index (χ4n) is 2.77. The Balaban J connectivity index is 2.14. The molecule has 22 heavy (non-hydrogen) atoms. The normalized spacial score (nSPS) is 10.6. The van der Waals surface area contributed by atoms with Crippen molar-refractivity contribution in [2.24, 2.45) is 0 Å². The number of hydrogen-bond acceptors (Lipinski definition) is 3. The summed E-state index contributed by atoms with van der Waals surface area (Å²) in [5, 5.41) is 13.6. The second-order valence-corrected chi connectivity index (χ2v) is 5.09. The summed E-state index contributed by atoms with van der Waals surface area (Å²) >= 11 is 0. The highest BCUT2D eigenvalue weighted by molar-refractivity contribution is 5.90. The molecule has 0 bridgehead atoms. The molecule has 110 valence electrons. The Morgan fingerprint density at radius 3 is 2.50 bits per heavy atom. The number of methoxy groups -OCH3 is 1. The van der Waals surface area contributed by atoms with Crippen molar-refractivity contribution in [2.75, 3.05) is 7.11 Å². The Bertz CT molecular complexity index is 832. The van der Waals surface area contributed by atoms with Crippen LogP contribution in [0.2, 0.25) is 0 Å². The maximum absolute atomic E-state index is 11.4. The van der Waals surface area contributed by atoms with E-state index in [1.807, 2.05) is 42.5 Å². The molecule has 3 heteroatoms. The minimum Gasteiger partial charge on any atom is -0.545 e. The summed E-state index contributed by atoms with van der Waals surface area (Å²) in [5.41, 5.74) is 1.87. The van der Waals surface area contributed by atoms with Gasteiger partial charge in [0, 0.05) is 17.5 Å². The predicted molar refractivity (Wildman–Crippen MR) is 84.1 cm³/mol. The molecule has 0 heterocycles. The molecule has 0 saturated carbocycles. The number of aromatic carboxylic acids is 1. The van der Waals surface area contributed by atoms with E-state index in [4.69, 9.17) is 4.74 Å². The van der Waals surface area contributed by atoms with Gasteiger partial charge in [-0.25, -0.2) is 0 Å². The number of ether oxygens (including phenoxy) is 1. The van der Waals surface area contributed by atoms with Crippen LogP contribution in [0.25, 0.3) is 10.8 Å². The quantitative estimate of drug-likeness (QED) is 0.742. The highest BCUT2D eigenvalue weighted by Gasteiger charge is 2.12. The van der Waals surface area contributed by atoms with E-state index in [1.165, 1.54) is 0 Å². The Hall–Kier alpha value is -2.81. The largest absolute Gasteiger partial charge is 0.545 e. The van der Waals surface area contributed by atoms with Gasteiger partial charge in [0.25, 0.3) is 0 Å². The van der Waals surface area contributed by atoms with Crippen molar-refractivity contribution in [2.45, 2.75) is 6.42 Å². The van der Waals surface area contributed by atoms with Crippen molar-refractivity contribution >= 4 is 16.7 Å². The third-order valence-corrected chi connectivity index (χ3v) is 3.82. The summed E-state index contributed by atoms with van der Waals surface area (Å²) in [6.07, 6.45) is 0.481. The van der Waals surface area contributed by atoms with E-state index < -0.39 is 5.97 Å². The third-order valence-electron chi connectivity index (χ3n) is 3.82. The van der Waals surface area contributed by atoms with Crippen LogP contribution in [0, 0.1) is 0 Å². The molecule has 0 saturated heterocycles. The fraction of sp³-hybridized carbons (Fsp3) is 0.105. The summed E-state index contributed by atoms with van der Waals surface area (Å²) in [7, 11) is 1.54. The van der Waals surface area contributed by atoms with Crippen LogP contribution in [-0.2, 0) is 6.42 Å². The number of fused-ring (bicyclic) bond motifs is 1. The van der Waals surface area contributed by atoms with Crippen molar-refractivity contribution in [3.8, 4) is 5.75 Å². The first-order valence-electron chi connectivity index (χ1n) is 7.04. The molecule has 0 fully saturated rings. The first kappa shape index (κ1) is 14.1. The number of carbonyl (C=O) groups excluding carboxylic acids is 1. The molecule has 0 radical (unpaired) electrons. The topological polar surface area (TPSA) is 49.4 Å². The lowest BCUT2D eigenvalue weighted by Gasteiger charge is -2.15. The molecule has 0 N–H and O–H groups in total. The lowest BCUT2D eigenvalue weighted by molar-refractivity contribution is -0.255. The van der Waals surface area contributed by atoms with Crippen molar-refractivity contribution in [1.82, 2.24) is 0 Å². The van der Waals surface area contributed by atoms with E-state index >= 15 is 0 Å². The van der Waals surface area contributed by atoms with Crippen LogP contribution in [0.4, 0.5) is 0 Å². The minimum absolute atomic E-state index is 0.173. The van der Waals surface area contributed by atoms with E-state index in [9.17, 15) is 9.90 Å². The Morgan fingerprint density at radius 1 is 1.00 bits per heavy atom. The van der Waals surface area contributed by atoms with Gasteiger partial charge >= 0.3 is 0 Å².